The molecule has 148 valence electrons. The van der Waals surface area contributed by atoms with Crippen LogP contribution in [0.25, 0.3) is 0 Å². The Morgan fingerprint density at radius 1 is 1.00 bits per heavy atom. The van der Waals surface area contributed by atoms with Crippen LogP contribution in [-0.4, -0.2) is 60.2 Å². The summed E-state index contributed by atoms with van der Waals surface area (Å²) in [5.41, 5.74) is 1.55. The molecule has 0 saturated carbocycles. The van der Waals surface area contributed by atoms with E-state index in [0.717, 1.165) is 5.69 Å². The number of rotatable bonds is 6. The largest absolute Gasteiger partial charge is 0.459 e. The molecule has 0 atom stereocenters. The van der Waals surface area contributed by atoms with Crippen LogP contribution in [-0.2, 0) is 9.59 Å². The minimum absolute atomic E-state index is 0.0515. The molecule has 0 radical (unpaired) electrons. The van der Waals surface area contributed by atoms with Crippen molar-refractivity contribution in [2.45, 2.75) is 13.3 Å². The van der Waals surface area contributed by atoms with E-state index in [9.17, 15) is 14.4 Å². The van der Waals surface area contributed by atoms with Crippen LogP contribution in [0.2, 0.25) is 0 Å². The quantitative estimate of drug-likeness (QED) is 0.795. The standard InChI is InChI=1S/C20H24N4O4/c1-15(25)22-17-5-2-4-16(14-17)21-8-7-19(26)23-9-11-24(12-10-23)20(27)18-6-3-13-28-18/h2-6,13-14,21H,7-12H2,1H3,(H,22,25). The molecule has 1 aromatic carbocycles. The molecule has 0 aliphatic carbocycles. The first-order chi connectivity index (χ1) is 13.5. The fraction of sp³-hybridized carbons (Fsp3) is 0.350. The molecule has 2 aromatic rings. The van der Waals surface area contributed by atoms with E-state index in [0.29, 0.717) is 50.6 Å². The summed E-state index contributed by atoms with van der Waals surface area (Å²) in [5.74, 6) is 0.107. The summed E-state index contributed by atoms with van der Waals surface area (Å²) in [6, 6.07) is 10.7. The van der Waals surface area contributed by atoms with Gasteiger partial charge in [-0.3, -0.25) is 14.4 Å². The van der Waals surface area contributed by atoms with Crippen LogP contribution in [0.5, 0.6) is 0 Å². The monoisotopic (exact) mass is 384 g/mol. The van der Waals surface area contributed by atoms with Gasteiger partial charge in [-0.15, -0.1) is 0 Å². The first-order valence-electron chi connectivity index (χ1n) is 9.25. The van der Waals surface area contributed by atoms with Crippen molar-refractivity contribution in [3.63, 3.8) is 0 Å². The van der Waals surface area contributed by atoms with Crippen molar-refractivity contribution in [1.82, 2.24) is 9.80 Å². The molecule has 3 amide bonds. The smallest absolute Gasteiger partial charge is 0.289 e. The number of hydrogen-bond acceptors (Lipinski definition) is 5. The van der Waals surface area contributed by atoms with Gasteiger partial charge in [0.2, 0.25) is 11.8 Å². The van der Waals surface area contributed by atoms with Gasteiger partial charge < -0.3 is 24.9 Å². The SMILES string of the molecule is CC(=O)Nc1cccc(NCCC(=O)N2CCN(C(=O)c3ccco3)CC2)c1. The summed E-state index contributed by atoms with van der Waals surface area (Å²) in [4.78, 5) is 39.3. The highest BCUT2D eigenvalue weighted by atomic mass is 16.3. The molecule has 0 bridgehead atoms. The third-order valence-corrected chi connectivity index (χ3v) is 4.50. The summed E-state index contributed by atoms with van der Waals surface area (Å²) >= 11 is 0. The van der Waals surface area contributed by atoms with E-state index in [1.54, 1.807) is 28.0 Å². The summed E-state index contributed by atoms with van der Waals surface area (Å²) in [6.45, 7) is 3.98. The van der Waals surface area contributed by atoms with Gasteiger partial charge in [-0.2, -0.15) is 0 Å². The molecule has 3 rings (SSSR count). The van der Waals surface area contributed by atoms with E-state index >= 15 is 0 Å². The number of furan rings is 1. The third kappa shape index (κ3) is 5.12. The van der Waals surface area contributed by atoms with E-state index < -0.39 is 0 Å². The van der Waals surface area contributed by atoms with Gasteiger partial charge in [-0.1, -0.05) is 6.07 Å². The van der Waals surface area contributed by atoms with Crippen LogP contribution in [0.15, 0.2) is 47.1 Å². The molecule has 28 heavy (non-hydrogen) atoms. The zero-order chi connectivity index (χ0) is 19.9. The average molecular weight is 384 g/mol. The molecule has 0 unspecified atom stereocenters. The summed E-state index contributed by atoms with van der Waals surface area (Å²) in [6.07, 6.45) is 1.84. The molecule has 1 aliphatic rings. The molecule has 1 fully saturated rings. The molecule has 1 aromatic heterocycles. The Hall–Kier alpha value is -3.29. The number of nitrogens with one attached hydrogen (secondary N) is 2. The van der Waals surface area contributed by atoms with E-state index in [2.05, 4.69) is 10.6 Å². The Morgan fingerprint density at radius 3 is 2.39 bits per heavy atom. The molecule has 1 aliphatic heterocycles. The number of hydrogen-bond donors (Lipinski definition) is 2. The second kappa shape index (κ2) is 9.07. The highest BCUT2D eigenvalue weighted by Gasteiger charge is 2.25. The number of amides is 3. The Balaban J connectivity index is 1.41. The lowest BCUT2D eigenvalue weighted by molar-refractivity contribution is -0.132. The van der Waals surface area contributed by atoms with E-state index in [1.807, 2.05) is 18.2 Å². The highest BCUT2D eigenvalue weighted by Crippen LogP contribution is 2.15. The van der Waals surface area contributed by atoms with E-state index in [4.69, 9.17) is 4.42 Å². The third-order valence-electron chi connectivity index (χ3n) is 4.50. The van der Waals surface area contributed by atoms with Gasteiger partial charge >= 0.3 is 0 Å². The van der Waals surface area contributed by atoms with Crippen LogP contribution in [0, 0.1) is 0 Å². The van der Waals surface area contributed by atoms with Crippen molar-refractivity contribution in [2.75, 3.05) is 43.4 Å². The van der Waals surface area contributed by atoms with Crippen LogP contribution in [0.4, 0.5) is 11.4 Å². The van der Waals surface area contributed by atoms with Crippen molar-refractivity contribution < 1.29 is 18.8 Å². The highest BCUT2D eigenvalue weighted by molar-refractivity contribution is 5.91. The Kier molecular flexibility index (Phi) is 6.31. The van der Waals surface area contributed by atoms with Gasteiger partial charge in [0.1, 0.15) is 0 Å². The first kappa shape index (κ1) is 19.5. The zero-order valence-electron chi connectivity index (χ0n) is 15.8. The lowest BCUT2D eigenvalue weighted by atomic mass is 10.2. The molecule has 2 N–H and O–H groups in total. The van der Waals surface area contributed by atoms with Crippen molar-refractivity contribution in [1.29, 1.82) is 0 Å². The number of benzene rings is 1. The fourth-order valence-electron chi connectivity index (χ4n) is 3.10. The van der Waals surface area contributed by atoms with Crippen LogP contribution < -0.4 is 10.6 Å². The topological polar surface area (TPSA) is 94.9 Å². The number of nitrogens with zero attached hydrogens (tertiary/aromatic N) is 2. The second-order valence-electron chi connectivity index (χ2n) is 6.59. The second-order valence-corrected chi connectivity index (χ2v) is 6.59. The van der Waals surface area contributed by atoms with Gasteiger partial charge in [0, 0.05) is 57.4 Å². The molecule has 8 heteroatoms. The maximum absolute atomic E-state index is 12.4. The van der Waals surface area contributed by atoms with Gasteiger partial charge in [0.25, 0.3) is 5.91 Å². The maximum atomic E-state index is 12.4. The number of carbonyl (C=O) groups excluding carboxylic acids is 3. The summed E-state index contributed by atoms with van der Waals surface area (Å²) in [7, 11) is 0. The first-order valence-corrected chi connectivity index (χ1v) is 9.25. The lowest BCUT2D eigenvalue weighted by Crippen LogP contribution is -2.50. The normalized spacial score (nSPS) is 13.9. The van der Waals surface area contributed by atoms with Crippen LogP contribution >= 0.6 is 0 Å². The van der Waals surface area contributed by atoms with Crippen LogP contribution in [0.1, 0.15) is 23.9 Å². The predicted octanol–water partition coefficient (Wildman–Crippen LogP) is 2.02. The Morgan fingerprint density at radius 2 is 1.71 bits per heavy atom. The number of anilines is 2. The predicted molar refractivity (Wildman–Crippen MR) is 105 cm³/mol. The van der Waals surface area contributed by atoms with Crippen molar-refractivity contribution >= 4 is 29.1 Å². The molecule has 2 heterocycles. The van der Waals surface area contributed by atoms with Crippen molar-refractivity contribution in [2.24, 2.45) is 0 Å². The number of carbonyl (C=O) groups is 3. The summed E-state index contributed by atoms with van der Waals surface area (Å²) < 4.78 is 5.14. The Labute approximate surface area is 163 Å². The van der Waals surface area contributed by atoms with Gasteiger partial charge in [0.05, 0.1) is 6.26 Å². The molecular formula is C20H24N4O4. The van der Waals surface area contributed by atoms with Gasteiger partial charge in [-0.05, 0) is 30.3 Å². The van der Waals surface area contributed by atoms with Crippen LogP contribution in [0.3, 0.4) is 0 Å². The minimum atomic E-state index is -0.141. The van der Waals surface area contributed by atoms with E-state index in [-0.39, 0.29) is 17.7 Å². The van der Waals surface area contributed by atoms with E-state index in [1.165, 1.54) is 13.2 Å². The van der Waals surface area contributed by atoms with Gasteiger partial charge in [-0.25, -0.2) is 0 Å². The molecule has 1 saturated heterocycles. The Bertz CT molecular complexity index is 826. The zero-order valence-corrected chi connectivity index (χ0v) is 15.8. The molecule has 8 nitrogen and oxygen atoms in total. The van der Waals surface area contributed by atoms with Crippen molar-refractivity contribution in [3.05, 3.63) is 48.4 Å². The average Bonchev–Trinajstić information content (AvgIpc) is 3.22. The number of piperazine rings is 1. The van der Waals surface area contributed by atoms with Crippen molar-refractivity contribution in [3.8, 4) is 0 Å². The lowest BCUT2D eigenvalue weighted by Gasteiger charge is -2.34. The van der Waals surface area contributed by atoms with Gasteiger partial charge in [0.15, 0.2) is 5.76 Å². The fourth-order valence-corrected chi connectivity index (χ4v) is 3.10. The minimum Gasteiger partial charge on any atom is -0.459 e. The molecular weight excluding hydrogens is 360 g/mol. The molecule has 0 spiro atoms. The summed E-state index contributed by atoms with van der Waals surface area (Å²) in [5, 5.41) is 5.92. The maximum Gasteiger partial charge on any atom is 0.289 e.